The summed E-state index contributed by atoms with van der Waals surface area (Å²) in [6, 6.07) is 14.9. The van der Waals surface area contributed by atoms with Crippen LogP contribution in [0.4, 0.5) is 0 Å². The topological polar surface area (TPSA) is 84.3 Å². The number of imidazole rings is 1. The van der Waals surface area contributed by atoms with Crippen molar-refractivity contribution in [1.82, 2.24) is 19.2 Å². The number of piperidine rings is 1. The van der Waals surface area contributed by atoms with E-state index in [-0.39, 0.29) is 10.8 Å². The van der Waals surface area contributed by atoms with Crippen molar-refractivity contribution in [3.8, 4) is 0 Å². The SMILES string of the molecule is Cn1c(CCC(=O)NCc2ccccc2)nc2cc(S(=O)(=O)N3CCCCC3)ccc21. The Morgan fingerprint density at radius 3 is 2.55 bits per heavy atom. The number of amides is 1. The van der Waals surface area contributed by atoms with Gasteiger partial charge in [0.15, 0.2) is 0 Å². The van der Waals surface area contributed by atoms with Crippen molar-refractivity contribution in [2.75, 3.05) is 13.1 Å². The lowest BCUT2D eigenvalue weighted by Crippen LogP contribution is -2.35. The fraction of sp³-hybridized carbons (Fsp3) is 0.391. The van der Waals surface area contributed by atoms with Gasteiger partial charge in [-0.25, -0.2) is 13.4 Å². The minimum absolute atomic E-state index is 0.0377. The van der Waals surface area contributed by atoms with E-state index in [1.165, 1.54) is 0 Å². The van der Waals surface area contributed by atoms with E-state index in [0.717, 1.165) is 36.2 Å². The van der Waals surface area contributed by atoms with Crippen LogP contribution in [0.25, 0.3) is 11.0 Å². The Bertz CT molecular complexity index is 1170. The number of carbonyl (C=O) groups excluding carboxylic acids is 1. The second-order valence-electron chi connectivity index (χ2n) is 7.96. The highest BCUT2D eigenvalue weighted by Crippen LogP contribution is 2.24. The number of carbonyl (C=O) groups is 1. The summed E-state index contributed by atoms with van der Waals surface area (Å²) >= 11 is 0. The van der Waals surface area contributed by atoms with Crippen LogP contribution in [0.3, 0.4) is 0 Å². The number of benzene rings is 2. The number of rotatable bonds is 7. The zero-order valence-electron chi connectivity index (χ0n) is 17.8. The van der Waals surface area contributed by atoms with Crippen LogP contribution in [0.1, 0.15) is 37.1 Å². The molecule has 0 bridgehead atoms. The molecule has 1 aromatic heterocycles. The molecule has 0 aliphatic carbocycles. The smallest absolute Gasteiger partial charge is 0.243 e. The van der Waals surface area contributed by atoms with Crippen LogP contribution >= 0.6 is 0 Å². The van der Waals surface area contributed by atoms with E-state index in [4.69, 9.17) is 0 Å². The lowest BCUT2D eigenvalue weighted by Gasteiger charge is -2.25. The van der Waals surface area contributed by atoms with Crippen LogP contribution < -0.4 is 5.32 Å². The fourth-order valence-electron chi connectivity index (χ4n) is 3.98. The number of nitrogens with zero attached hydrogens (tertiary/aromatic N) is 3. The van der Waals surface area contributed by atoms with Gasteiger partial charge in [0.1, 0.15) is 5.82 Å². The van der Waals surface area contributed by atoms with E-state index in [1.54, 1.807) is 22.5 Å². The molecule has 2 heterocycles. The van der Waals surface area contributed by atoms with E-state index in [9.17, 15) is 13.2 Å². The molecule has 0 spiro atoms. The first-order valence-corrected chi connectivity index (χ1v) is 12.2. The third-order valence-corrected chi connectivity index (χ3v) is 7.70. The van der Waals surface area contributed by atoms with Gasteiger partial charge in [0.25, 0.3) is 0 Å². The first-order chi connectivity index (χ1) is 14.9. The van der Waals surface area contributed by atoms with Crippen LogP contribution in [0, 0.1) is 0 Å². The zero-order chi connectivity index (χ0) is 21.8. The number of sulfonamides is 1. The van der Waals surface area contributed by atoms with Crippen LogP contribution in [-0.4, -0.2) is 41.3 Å². The Hall–Kier alpha value is -2.71. The molecule has 0 unspecified atom stereocenters. The highest BCUT2D eigenvalue weighted by molar-refractivity contribution is 7.89. The van der Waals surface area contributed by atoms with Gasteiger partial charge in [-0.05, 0) is 36.6 Å². The van der Waals surface area contributed by atoms with E-state index in [2.05, 4.69) is 10.3 Å². The van der Waals surface area contributed by atoms with Gasteiger partial charge in [0.05, 0.1) is 15.9 Å². The second-order valence-corrected chi connectivity index (χ2v) is 9.90. The fourth-order valence-corrected chi connectivity index (χ4v) is 5.52. The van der Waals surface area contributed by atoms with Crippen molar-refractivity contribution in [2.45, 2.75) is 43.5 Å². The lowest BCUT2D eigenvalue weighted by molar-refractivity contribution is -0.121. The maximum Gasteiger partial charge on any atom is 0.243 e. The van der Waals surface area contributed by atoms with Gasteiger partial charge in [-0.3, -0.25) is 4.79 Å². The summed E-state index contributed by atoms with van der Waals surface area (Å²) in [6.45, 7) is 1.65. The van der Waals surface area contributed by atoms with Crippen molar-refractivity contribution in [2.24, 2.45) is 7.05 Å². The summed E-state index contributed by atoms with van der Waals surface area (Å²) in [5.41, 5.74) is 2.55. The van der Waals surface area contributed by atoms with Crippen LogP contribution in [0.15, 0.2) is 53.4 Å². The molecule has 31 heavy (non-hydrogen) atoms. The molecule has 1 aliphatic heterocycles. The molecule has 164 valence electrons. The average molecular weight is 441 g/mol. The molecule has 1 aliphatic rings. The molecule has 1 saturated heterocycles. The molecular weight excluding hydrogens is 412 g/mol. The minimum atomic E-state index is -3.50. The third-order valence-electron chi connectivity index (χ3n) is 5.81. The summed E-state index contributed by atoms with van der Waals surface area (Å²) in [4.78, 5) is 17.2. The van der Waals surface area contributed by atoms with E-state index in [0.29, 0.717) is 38.0 Å². The molecule has 7 nitrogen and oxygen atoms in total. The highest BCUT2D eigenvalue weighted by Gasteiger charge is 2.26. The largest absolute Gasteiger partial charge is 0.352 e. The number of fused-ring (bicyclic) bond motifs is 1. The predicted molar refractivity (Wildman–Crippen MR) is 120 cm³/mol. The van der Waals surface area contributed by atoms with Crippen LogP contribution in [0.2, 0.25) is 0 Å². The van der Waals surface area contributed by atoms with Crippen molar-refractivity contribution in [3.63, 3.8) is 0 Å². The molecular formula is C23H28N4O3S. The minimum Gasteiger partial charge on any atom is -0.352 e. The molecule has 0 radical (unpaired) electrons. The summed E-state index contributed by atoms with van der Waals surface area (Å²) < 4.78 is 29.4. The van der Waals surface area contributed by atoms with Gasteiger partial charge in [-0.15, -0.1) is 0 Å². The standard InChI is InChI=1S/C23H28N4O3S/c1-26-21-11-10-19(31(29,30)27-14-6-3-7-15-27)16-20(21)25-22(26)12-13-23(28)24-17-18-8-4-2-5-9-18/h2,4-5,8-11,16H,3,6-7,12-15,17H2,1H3,(H,24,28). The quantitative estimate of drug-likeness (QED) is 0.612. The van der Waals surface area contributed by atoms with Crippen molar-refractivity contribution < 1.29 is 13.2 Å². The molecule has 4 rings (SSSR count). The second kappa shape index (κ2) is 9.20. The summed E-state index contributed by atoms with van der Waals surface area (Å²) in [6.07, 6.45) is 3.69. The average Bonchev–Trinajstić information content (AvgIpc) is 3.12. The van der Waals surface area contributed by atoms with Gasteiger partial charge in [0.2, 0.25) is 15.9 Å². The predicted octanol–water partition coefficient (Wildman–Crippen LogP) is 3.00. The first-order valence-electron chi connectivity index (χ1n) is 10.7. The maximum atomic E-state index is 13.0. The third kappa shape index (κ3) is 4.80. The molecule has 1 fully saturated rings. The van der Waals surface area contributed by atoms with Gasteiger partial charge in [0, 0.05) is 39.5 Å². The van der Waals surface area contributed by atoms with E-state index < -0.39 is 10.0 Å². The van der Waals surface area contributed by atoms with E-state index in [1.807, 2.05) is 41.9 Å². The number of hydrogen-bond acceptors (Lipinski definition) is 4. The number of aryl methyl sites for hydroxylation is 2. The monoisotopic (exact) mass is 440 g/mol. The summed E-state index contributed by atoms with van der Waals surface area (Å²) in [7, 11) is -1.60. The van der Waals surface area contributed by atoms with Crippen molar-refractivity contribution >= 4 is 27.0 Å². The Morgan fingerprint density at radius 2 is 1.81 bits per heavy atom. The van der Waals surface area contributed by atoms with Crippen LogP contribution in [-0.2, 0) is 34.8 Å². The van der Waals surface area contributed by atoms with Gasteiger partial charge >= 0.3 is 0 Å². The zero-order valence-corrected chi connectivity index (χ0v) is 18.6. The molecule has 0 saturated carbocycles. The first kappa shape index (κ1) is 21.5. The van der Waals surface area contributed by atoms with E-state index >= 15 is 0 Å². The number of hydrogen-bond donors (Lipinski definition) is 1. The molecule has 1 amide bonds. The molecule has 0 atom stereocenters. The summed E-state index contributed by atoms with van der Waals surface area (Å²) in [5.74, 6) is 0.724. The number of aromatic nitrogens is 2. The van der Waals surface area contributed by atoms with Crippen LogP contribution in [0.5, 0.6) is 0 Å². The number of nitrogens with one attached hydrogen (secondary N) is 1. The normalized spacial score (nSPS) is 15.3. The Balaban J connectivity index is 1.44. The highest BCUT2D eigenvalue weighted by atomic mass is 32.2. The molecule has 2 aromatic carbocycles. The Labute approximate surface area is 183 Å². The van der Waals surface area contributed by atoms with Gasteiger partial charge < -0.3 is 9.88 Å². The Morgan fingerprint density at radius 1 is 1.06 bits per heavy atom. The van der Waals surface area contributed by atoms with Gasteiger partial charge in [-0.2, -0.15) is 4.31 Å². The van der Waals surface area contributed by atoms with Gasteiger partial charge in [-0.1, -0.05) is 36.8 Å². The molecule has 8 heteroatoms. The Kier molecular flexibility index (Phi) is 6.38. The van der Waals surface area contributed by atoms with Crippen molar-refractivity contribution in [1.29, 1.82) is 0 Å². The molecule has 3 aromatic rings. The lowest BCUT2D eigenvalue weighted by atomic mass is 10.2. The van der Waals surface area contributed by atoms with Crippen molar-refractivity contribution in [3.05, 3.63) is 59.9 Å². The molecule has 1 N–H and O–H groups in total. The maximum absolute atomic E-state index is 13.0. The summed E-state index contributed by atoms with van der Waals surface area (Å²) in [5, 5.41) is 2.93.